The lowest BCUT2D eigenvalue weighted by molar-refractivity contribution is 0.282. The van der Waals surface area contributed by atoms with Crippen molar-refractivity contribution in [1.82, 2.24) is 0 Å². The molecule has 0 aromatic heterocycles. The lowest BCUT2D eigenvalue weighted by Gasteiger charge is -2.11. The normalized spacial score (nSPS) is 15.8. The second-order valence-corrected chi connectivity index (χ2v) is 4.56. The fourth-order valence-corrected chi connectivity index (χ4v) is 2.28. The number of rotatable bonds is 3. The fourth-order valence-electron chi connectivity index (χ4n) is 1.38. The molecule has 0 spiro atoms. The van der Waals surface area contributed by atoms with E-state index in [0.717, 1.165) is 12.0 Å². The average molecular weight is 217 g/mol. The lowest BCUT2D eigenvalue weighted by atomic mass is 10.2. The quantitative estimate of drug-likeness (QED) is 0.838. The maximum absolute atomic E-state index is 8.92. The minimum Gasteiger partial charge on any atom is -0.392 e. The summed E-state index contributed by atoms with van der Waals surface area (Å²) in [5.41, 5.74) is 0.962. The summed E-state index contributed by atoms with van der Waals surface area (Å²) in [6, 6.07) is 8.03. The Morgan fingerprint density at radius 3 is 2.53 bits per heavy atom. The van der Waals surface area contributed by atoms with Crippen molar-refractivity contribution in [1.29, 1.82) is 0 Å². The van der Waals surface area contributed by atoms with Gasteiger partial charge in [0.15, 0.2) is 0 Å². The molecule has 1 aliphatic carbocycles. The van der Waals surface area contributed by atoms with E-state index in [-0.39, 0.29) is 6.61 Å². The van der Waals surface area contributed by atoms with E-state index < -0.39 is 0 Å². The highest BCUT2D eigenvalue weighted by molar-refractivity contribution is 8.02. The molecule has 2 rings (SSSR count). The Balaban J connectivity index is 1.98. The highest BCUT2D eigenvalue weighted by atomic mass is 32.2. The van der Waals surface area contributed by atoms with Crippen molar-refractivity contribution in [3.05, 3.63) is 59.4 Å². The van der Waals surface area contributed by atoms with Crippen molar-refractivity contribution in [2.75, 3.05) is 0 Å². The predicted octanol–water partition coefficient (Wildman–Crippen LogP) is 3.32. The average Bonchev–Trinajstić information content (AvgIpc) is 2.31. The first-order chi connectivity index (χ1) is 7.38. The van der Waals surface area contributed by atoms with Crippen molar-refractivity contribution in [3.63, 3.8) is 0 Å². The van der Waals surface area contributed by atoms with Gasteiger partial charge in [0, 0.05) is 4.90 Å². The van der Waals surface area contributed by atoms with Crippen LogP contribution in [0.3, 0.4) is 0 Å². The molecular formula is C13H13OS. The molecule has 77 valence electrons. The van der Waals surface area contributed by atoms with E-state index in [1.165, 1.54) is 10.1 Å². The van der Waals surface area contributed by atoms with Gasteiger partial charge in [-0.1, -0.05) is 36.4 Å². The number of aliphatic hydroxyl groups is 1. The summed E-state index contributed by atoms with van der Waals surface area (Å²) < 4.78 is 0. The van der Waals surface area contributed by atoms with Crippen LogP contribution in [0.25, 0.3) is 0 Å². The molecule has 2 heteroatoms. The Morgan fingerprint density at radius 2 is 1.93 bits per heavy atom. The summed E-state index contributed by atoms with van der Waals surface area (Å²) in [5, 5.41) is 10.3. The fraction of sp³-hybridized carbons (Fsp3) is 0.154. The van der Waals surface area contributed by atoms with Crippen LogP contribution in [0.5, 0.6) is 0 Å². The number of aliphatic hydroxyl groups excluding tert-OH is 1. The molecule has 1 aromatic carbocycles. The van der Waals surface area contributed by atoms with E-state index in [4.69, 9.17) is 5.11 Å². The Bertz CT molecular complexity index is 365. The number of benzene rings is 1. The highest BCUT2D eigenvalue weighted by Crippen LogP contribution is 2.34. The van der Waals surface area contributed by atoms with Crippen LogP contribution in [-0.2, 0) is 6.61 Å². The molecule has 0 amide bonds. The minimum absolute atomic E-state index is 0.115. The first-order valence-corrected chi connectivity index (χ1v) is 5.77. The third-order valence-electron chi connectivity index (χ3n) is 2.20. The number of hydrogen-bond acceptors (Lipinski definition) is 2. The smallest absolute Gasteiger partial charge is 0.0681 e. The minimum atomic E-state index is 0.115. The monoisotopic (exact) mass is 217 g/mol. The van der Waals surface area contributed by atoms with Gasteiger partial charge in [0.1, 0.15) is 0 Å². The molecule has 0 aliphatic heterocycles. The topological polar surface area (TPSA) is 20.2 Å². The summed E-state index contributed by atoms with van der Waals surface area (Å²) in [7, 11) is 0. The van der Waals surface area contributed by atoms with Crippen LogP contribution in [0.15, 0.2) is 53.5 Å². The maximum Gasteiger partial charge on any atom is 0.0681 e. The van der Waals surface area contributed by atoms with Gasteiger partial charge in [-0.25, -0.2) is 0 Å². The molecule has 0 unspecified atom stereocenters. The van der Waals surface area contributed by atoms with Crippen LogP contribution in [-0.4, -0.2) is 5.11 Å². The van der Waals surface area contributed by atoms with Gasteiger partial charge in [-0.05, 0) is 24.1 Å². The zero-order valence-electron chi connectivity index (χ0n) is 8.39. The molecule has 1 nitrogen and oxygen atoms in total. The van der Waals surface area contributed by atoms with Crippen molar-refractivity contribution >= 4 is 11.8 Å². The Hall–Kier alpha value is -0.990. The molecule has 1 aliphatic rings. The first kappa shape index (κ1) is 10.5. The summed E-state index contributed by atoms with van der Waals surface area (Å²) in [4.78, 5) is 1.22. The molecule has 15 heavy (non-hydrogen) atoms. The van der Waals surface area contributed by atoms with E-state index in [9.17, 15) is 0 Å². The van der Waals surface area contributed by atoms with E-state index in [0.29, 0.717) is 0 Å². The van der Waals surface area contributed by atoms with Crippen LogP contribution < -0.4 is 0 Å². The van der Waals surface area contributed by atoms with Gasteiger partial charge in [0.2, 0.25) is 0 Å². The summed E-state index contributed by atoms with van der Waals surface area (Å²) in [5.74, 6) is 0. The second kappa shape index (κ2) is 5.19. The maximum atomic E-state index is 8.92. The van der Waals surface area contributed by atoms with Gasteiger partial charge >= 0.3 is 0 Å². The van der Waals surface area contributed by atoms with Gasteiger partial charge in [-0.15, -0.1) is 11.8 Å². The largest absolute Gasteiger partial charge is 0.392 e. The number of hydrogen-bond donors (Lipinski definition) is 1. The molecule has 1 radical (unpaired) electrons. The molecule has 0 saturated carbocycles. The van der Waals surface area contributed by atoms with Crippen molar-refractivity contribution in [3.8, 4) is 0 Å². The van der Waals surface area contributed by atoms with E-state index in [1.807, 2.05) is 12.1 Å². The van der Waals surface area contributed by atoms with Crippen LogP contribution in [0, 0.1) is 5.25 Å². The van der Waals surface area contributed by atoms with Crippen LogP contribution in [0.1, 0.15) is 12.0 Å². The molecular weight excluding hydrogens is 204 g/mol. The standard InChI is InChI=1S/C13H13OS/c14-10-11-6-8-13(9-7-11)15-12-4-2-1-3-5-12/h1-4,6-9,14H,5,10H2. The van der Waals surface area contributed by atoms with Gasteiger partial charge in [0.05, 0.1) is 11.9 Å². The van der Waals surface area contributed by atoms with Gasteiger partial charge in [-0.2, -0.15) is 0 Å². The van der Waals surface area contributed by atoms with Crippen molar-refractivity contribution in [2.45, 2.75) is 17.9 Å². The van der Waals surface area contributed by atoms with Gasteiger partial charge in [0.25, 0.3) is 0 Å². The van der Waals surface area contributed by atoms with E-state index >= 15 is 0 Å². The lowest BCUT2D eigenvalue weighted by Crippen LogP contribution is -1.89. The van der Waals surface area contributed by atoms with Crippen LogP contribution in [0.2, 0.25) is 0 Å². The molecule has 0 fully saturated rings. The zero-order chi connectivity index (χ0) is 10.5. The van der Waals surface area contributed by atoms with Crippen LogP contribution >= 0.6 is 11.8 Å². The third-order valence-corrected chi connectivity index (χ3v) is 3.28. The van der Waals surface area contributed by atoms with Gasteiger partial charge < -0.3 is 5.11 Å². The Kier molecular flexibility index (Phi) is 3.64. The Labute approximate surface area is 94.5 Å². The number of allylic oxidation sites excluding steroid dienone is 3. The summed E-state index contributed by atoms with van der Waals surface area (Å²) in [6.45, 7) is 0.115. The second-order valence-electron chi connectivity index (χ2n) is 3.36. The van der Waals surface area contributed by atoms with E-state index in [1.54, 1.807) is 11.8 Å². The predicted molar refractivity (Wildman–Crippen MR) is 64.4 cm³/mol. The zero-order valence-corrected chi connectivity index (χ0v) is 9.20. The number of thioether (sulfide) groups is 1. The van der Waals surface area contributed by atoms with Crippen molar-refractivity contribution in [2.24, 2.45) is 0 Å². The molecule has 0 atom stereocenters. The van der Waals surface area contributed by atoms with E-state index in [2.05, 4.69) is 36.4 Å². The Morgan fingerprint density at radius 1 is 1.13 bits per heavy atom. The SMILES string of the molecule is OCc1ccc(S[C]2C=CC=CC2)cc1. The third kappa shape index (κ3) is 2.98. The molecule has 0 heterocycles. The van der Waals surface area contributed by atoms with Gasteiger partial charge in [-0.3, -0.25) is 0 Å². The van der Waals surface area contributed by atoms with Crippen molar-refractivity contribution < 1.29 is 5.11 Å². The summed E-state index contributed by atoms with van der Waals surface area (Å²) >= 11 is 1.78. The highest BCUT2D eigenvalue weighted by Gasteiger charge is 2.07. The van der Waals surface area contributed by atoms with Crippen LogP contribution in [0.4, 0.5) is 0 Å². The first-order valence-electron chi connectivity index (χ1n) is 4.95. The summed E-state index contributed by atoms with van der Waals surface area (Å²) in [6.07, 6.45) is 9.45. The molecule has 0 saturated heterocycles. The molecule has 1 aromatic rings. The molecule has 1 N–H and O–H groups in total. The molecule has 0 bridgehead atoms.